The van der Waals surface area contributed by atoms with Gasteiger partial charge in [-0.3, -0.25) is 0 Å². The standard InChI is InChI=1S/C15H16FN3S/c1-9(7-12-5-3-10(2)20-12)19-14-8-11(16)4-6-13(14)18-15(19)17/h3-6,8-9H,7H2,1-2H3,(H2,17,18). The molecule has 3 aromatic rings. The van der Waals surface area contributed by atoms with Crippen molar-refractivity contribution in [2.24, 2.45) is 0 Å². The van der Waals surface area contributed by atoms with Crippen LogP contribution < -0.4 is 5.73 Å². The van der Waals surface area contributed by atoms with Gasteiger partial charge in [0, 0.05) is 22.2 Å². The number of benzene rings is 1. The number of imidazole rings is 1. The van der Waals surface area contributed by atoms with Gasteiger partial charge in [-0.15, -0.1) is 11.3 Å². The number of rotatable bonds is 3. The van der Waals surface area contributed by atoms with Crippen LogP contribution in [0.1, 0.15) is 22.7 Å². The average Bonchev–Trinajstić information content (AvgIpc) is 2.91. The summed E-state index contributed by atoms with van der Waals surface area (Å²) in [5, 5.41) is 0. The van der Waals surface area contributed by atoms with Crippen molar-refractivity contribution in [3.8, 4) is 0 Å². The molecule has 0 radical (unpaired) electrons. The van der Waals surface area contributed by atoms with E-state index in [4.69, 9.17) is 5.73 Å². The van der Waals surface area contributed by atoms with Crippen molar-refractivity contribution in [1.82, 2.24) is 9.55 Å². The van der Waals surface area contributed by atoms with Crippen LogP contribution in [0, 0.1) is 12.7 Å². The lowest BCUT2D eigenvalue weighted by atomic mass is 10.2. The van der Waals surface area contributed by atoms with Crippen molar-refractivity contribution >= 4 is 28.3 Å². The fraction of sp³-hybridized carbons (Fsp3) is 0.267. The molecule has 2 heterocycles. The number of nitrogens with zero attached hydrogens (tertiary/aromatic N) is 2. The van der Waals surface area contributed by atoms with Gasteiger partial charge in [-0.25, -0.2) is 9.37 Å². The lowest BCUT2D eigenvalue weighted by molar-refractivity contribution is 0.568. The summed E-state index contributed by atoms with van der Waals surface area (Å²) in [7, 11) is 0. The topological polar surface area (TPSA) is 43.8 Å². The fourth-order valence-corrected chi connectivity index (χ4v) is 3.54. The molecule has 3 nitrogen and oxygen atoms in total. The summed E-state index contributed by atoms with van der Waals surface area (Å²) >= 11 is 1.78. The molecule has 2 N–H and O–H groups in total. The first-order valence-electron chi connectivity index (χ1n) is 6.53. The Kier molecular flexibility index (Phi) is 3.22. The number of aryl methyl sites for hydroxylation is 1. The Bertz CT molecular complexity index is 760. The number of aromatic nitrogens is 2. The van der Waals surface area contributed by atoms with E-state index >= 15 is 0 Å². The molecule has 0 bridgehead atoms. The minimum Gasteiger partial charge on any atom is -0.369 e. The van der Waals surface area contributed by atoms with E-state index in [1.54, 1.807) is 17.4 Å². The molecule has 0 aliphatic rings. The zero-order chi connectivity index (χ0) is 14.3. The van der Waals surface area contributed by atoms with E-state index in [9.17, 15) is 4.39 Å². The molecule has 2 aromatic heterocycles. The van der Waals surface area contributed by atoms with Crippen molar-refractivity contribution in [1.29, 1.82) is 0 Å². The third-order valence-corrected chi connectivity index (χ3v) is 4.44. The molecule has 0 amide bonds. The van der Waals surface area contributed by atoms with Gasteiger partial charge in [0.2, 0.25) is 5.95 Å². The van der Waals surface area contributed by atoms with Crippen LogP contribution in [0.25, 0.3) is 11.0 Å². The number of nitrogen functional groups attached to an aromatic ring is 1. The summed E-state index contributed by atoms with van der Waals surface area (Å²) in [5.41, 5.74) is 7.48. The number of anilines is 1. The maximum atomic E-state index is 13.4. The smallest absolute Gasteiger partial charge is 0.201 e. The van der Waals surface area contributed by atoms with Crippen LogP contribution in [0.4, 0.5) is 10.3 Å². The number of thiophene rings is 1. The number of hydrogen-bond acceptors (Lipinski definition) is 3. The maximum absolute atomic E-state index is 13.4. The van der Waals surface area contributed by atoms with Crippen LogP contribution in [0.2, 0.25) is 0 Å². The van der Waals surface area contributed by atoms with Crippen molar-refractivity contribution in [2.45, 2.75) is 26.3 Å². The van der Waals surface area contributed by atoms with Crippen LogP contribution in [0.15, 0.2) is 30.3 Å². The molecule has 0 aliphatic heterocycles. The summed E-state index contributed by atoms with van der Waals surface area (Å²) in [6.45, 7) is 4.17. The summed E-state index contributed by atoms with van der Waals surface area (Å²) in [5.74, 6) is 0.171. The van der Waals surface area contributed by atoms with E-state index in [0.29, 0.717) is 5.95 Å². The summed E-state index contributed by atoms with van der Waals surface area (Å²) in [6, 6.07) is 8.95. The van der Waals surface area contributed by atoms with Gasteiger partial charge in [-0.1, -0.05) is 0 Å². The number of nitrogens with two attached hydrogens (primary N) is 1. The van der Waals surface area contributed by atoms with E-state index in [1.807, 2.05) is 4.57 Å². The molecule has 3 rings (SSSR count). The van der Waals surface area contributed by atoms with Gasteiger partial charge >= 0.3 is 0 Å². The third-order valence-electron chi connectivity index (χ3n) is 3.41. The molecule has 20 heavy (non-hydrogen) atoms. The summed E-state index contributed by atoms with van der Waals surface area (Å²) < 4.78 is 15.3. The fourth-order valence-electron chi connectivity index (χ4n) is 2.53. The maximum Gasteiger partial charge on any atom is 0.201 e. The Morgan fingerprint density at radius 2 is 2.15 bits per heavy atom. The van der Waals surface area contributed by atoms with Gasteiger partial charge in [0.05, 0.1) is 11.0 Å². The minimum atomic E-state index is -0.266. The van der Waals surface area contributed by atoms with Gasteiger partial charge in [0.1, 0.15) is 5.82 Å². The van der Waals surface area contributed by atoms with Crippen molar-refractivity contribution < 1.29 is 4.39 Å². The molecule has 1 unspecified atom stereocenters. The third kappa shape index (κ3) is 2.29. The van der Waals surface area contributed by atoms with Crippen LogP contribution >= 0.6 is 11.3 Å². The van der Waals surface area contributed by atoms with Gasteiger partial charge in [0.15, 0.2) is 0 Å². The summed E-state index contributed by atoms with van der Waals surface area (Å²) in [4.78, 5) is 6.89. The quantitative estimate of drug-likeness (QED) is 0.794. The Morgan fingerprint density at radius 1 is 1.35 bits per heavy atom. The van der Waals surface area contributed by atoms with E-state index < -0.39 is 0 Å². The molecule has 1 aromatic carbocycles. The zero-order valence-corrected chi connectivity index (χ0v) is 12.2. The Labute approximate surface area is 120 Å². The highest BCUT2D eigenvalue weighted by Crippen LogP contribution is 2.27. The minimum absolute atomic E-state index is 0.139. The molecule has 0 spiro atoms. The summed E-state index contributed by atoms with van der Waals surface area (Å²) in [6.07, 6.45) is 0.866. The highest BCUT2D eigenvalue weighted by Gasteiger charge is 2.15. The molecule has 5 heteroatoms. The van der Waals surface area contributed by atoms with Crippen LogP contribution in [0.5, 0.6) is 0 Å². The van der Waals surface area contributed by atoms with Gasteiger partial charge in [0.25, 0.3) is 0 Å². The predicted molar refractivity (Wildman–Crippen MR) is 81.6 cm³/mol. The normalized spacial score (nSPS) is 12.9. The predicted octanol–water partition coefficient (Wildman–Crippen LogP) is 3.93. The molecular weight excluding hydrogens is 273 g/mol. The molecule has 0 saturated heterocycles. The molecule has 0 fully saturated rings. The second-order valence-electron chi connectivity index (χ2n) is 5.04. The highest BCUT2D eigenvalue weighted by molar-refractivity contribution is 7.11. The van der Waals surface area contributed by atoms with Crippen molar-refractivity contribution in [3.63, 3.8) is 0 Å². The molecule has 0 saturated carbocycles. The van der Waals surface area contributed by atoms with E-state index in [1.165, 1.54) is 21.9 Å². The average molecular weight is 289 g/mol. The SMILES string of the molecule is Cc1ccc(CC(C)n2c(N)nc3ccc(F)cc32)s1. The van der Waals surface area contributed by atoms with E-state index in [-0.39, 0.29) is 11.9 Å². The van der Waals surface area contributed by atoms with Gasteiger partial charge < -0.3 is 10.3 Å². The molecule has 104 valence electrons. The number of fused-ring (bicyclic) bond motifs is 1. The largest absolute Gasteiger partial charge is 0.369 e. The first-order chi connectivity index (χ1) is 9.54. The van der Waals surface area contributed by atoms with Gasteiger partial charge in [-0.2, -0.15) is 0 Å². The monoisotopic (exact) mass is 289 g/mol. The Balaban J connectivity index is 2.00. The molecule has 1 atom stereocenters. The van der Waals surface area contributed by atoms with Crippen LogP contribution in [-0.4, -0.2) is 9.55 Å². The molecule has 0 aliphatic carbocycles. The lowest BCUT2D eigenvalue weighted by Crippen LogP contribution is -2.10. The highest BCUT2D eigenvalue weighted by atomic mass is 32.1. The van der Waals surface area contributed by atoms with Crippen molar-refractivity contribution in [3.05, 3.63) is 45.9 Å². The van der Waals surface area contributed by atoms with E-state index in [0.717, 1.165) is 17.5 Å². The van der Waals surface area contributed by atoms with E-state index in [2.05, 4.69) is 31.0 Å². The lowest BCUT2D eigenvalue weighted by Gasteiger charge is -2.15. The first kappa shape index (κ1) is 13.1. The van der Waals surface area contributed by atoms with Crippen LogP contribution in [0.3, 0.4) is 0 Å². The zero-order valence-electron chi connectivity index (χ0n) is 11.4. The first-order valence-corrected chi connectivity index (χ1v) is 7.34. The number of halogens is 1. The van der Waals surface area contributed by atoms with Gasteiger partial charge in [-0.05, 0) is 44.2 Å². The second-order valence-corrected chi connectivity index (χ2v) is 6.41. The Morgan fingerprint density at radius 3 is 2.85 bits per heavy atom. The second kappa shape index (κ2) is 4.90. The van der Waals surface area contributed by atoms with Crippen LogP contribution in [-0.2, 0) is 6.42 Å². The van der Waals surface area contributed by atoms with Crippen molar-refractivity contribution in [2.75, 3.05) is 5.73 Å². The number of hydrogen-bond donors (Lipinski definition) is 1. The Hall–Kier alpha value is -1.88. The molecular formula is C15H16FN3S.